The third kappa shape index (κ3) is 6.83. The molecule has 0 aliphatic carbocycles. The fraction of sp³-hybridized carbons (Fsp3) is 0.833. The van der Waals surface area contributed by atoms with Crippen molar-refractivity contribution in [2.75, 3.05) is 6.54 Å². The predicted molar refractivity (Wildman–Crippen MR) is 69.4 cm³/mol. The van der Waals surface area contributed by atoms with Crippen molar-refractivity contribution in [3.05, 3.63) is 0 Å². The Bertz CT molecular complexity index is 231. The van der Waals surface area contributed by atoms with E-state index in [1.54, 1.807) is 6.92 Å². The van der Waals surface area contributed by atoms with Crippen LogP contribution >= 0.6 is 11.6 Å². The molecule has 0 spiro atoms. The first-order chi connectivity index (χ1) is 7.51. The predicted octanol–water partition coefficient (Wildman–Crippen LogP) is 2.97. The second-order valence-corrected chi connectivity index (χ2v) is 4.79. The first-order valence-electron chi connectivity index (χ1n) is 5.96. The maximum atomic E-state index is 11.4. The third-order valence-corrected chi connectivity index (χ3v) is 3.16. The van der Waals surface area contributed by atoms with E-state index in [0.717, 1.165) is 19.3 Å². The molecule has 0 aromatic rings. The highest BCUT2D eigenvalue weighted by Crippen LogP contribution is 2.18. The van der Waals surface area contributed by atoms with E-state index in [4.69, 9.17) is 17.0 Å². The summed E-state index contributed by atoms with van der Waals surface area (Å²) in [5.74, 6) is 0.253. The summed E-state index contributed by atoms with van der Waals surface area (Å²) in [6.45, 7) is 6.46. The Hall–Kier alpha value is -0.570. The van der Waals surface area contributed by atoms with Crippen LogP contribution in [0.2, 0.25) is 0 Å². The van der Waals surface area contributed by atoms with Crippen LogP contribution in [0.15, 0.2) is 0 Å². The first-order valence-corrected chi connectivity index (χ1v) is 6.39. The van der Waals surface area contributed by atoms with Crippen molar-refractivity contribution in [3.8, 4) is 0 Å². The summed E-state index contributed by atoms with van der Waals surface area (Å²) in [5.41, 5.74) is 0.390. The van der Waals surface area contributed by atoms with Gasteiger partial charge in [0.05, 0.1) is 6.42 Å². The Balaban J connectivity index is 3.94. The molecule has 0 fully saturated rings. The van der Waals surface area contributed by atoms with Crippen LogP contribution in [0, 0.1) is 11.3 Å². The van der Waals surface area contributed by atoms with Crippen LogP contribution in [0.3, 0.4) is 0 Å². The van der Waals surface area contributed by atoms with Crippen molar-refractivity contribution in [2.24, 2.45) is 5.92 Å². The number of hydrogen-bond acceptors (Lipinski definition) is 2. The first kappa shape index (κ1) is 15.4. The summed E-state index contributed by atoms with van der Waals surface area (Å²) in [6, 6.07) is 0. The Morgan fingerprint density at radius 2 is 2.06 bits per heavy atom. The van der Waals surface area contributed by atoms with E-state index >= 15 is 0 Å². The minimum Gasteiger partial charge on any atom is -0.355 e. The lowest BCUT2D eigenvalue weighted by Crippen LogP contribution is -2.33. The van der Waals surface area contributed by atoms with Crippen LogP contribution < -0.4 is 5.32 Å². The van der Waals surface area contributed by atoms with Gasteiger partial charge in [0.25, 0.3) is 0 Å². The largest absolute Gasteiger partial charge is 0.355 e. The molecule has 2 atom stereocenters. The van der Waals surface area contributed by atoms with Gasteiger partial charge in [-0.25, -0.2) is 0 Å². The molecule has 0 aromatic heterocycles. The average Bonchev–Trinajstić information content (AvgIpc) is 2.17. The summed E-state index contributed by atoms with van der Waals surface area (Å²) in [4.78, 5) is 11.4. The maximum absolute atomic E-state index is 11.4. The summed E-state index contributed by atoms with van der Waals surface area (Å²) >= 11 is 6.24. The molecule has 0 aliphatic heterocycles. The van der Waals surface area contributed by atoms with E-state index in [2.05, 4.69) is 19.2 Å². The molecule has 0 saturated carbocycles. The summed E-state index contributed by atoms with van der Waals surface area (Å²) in [7, 11) is 0. The Labute approximate surface area is 103 Å². The minimum absolute atomic E-state index is 0.0775. The Morgan fingerprint density at radius 3 is 2.50 bits per heavy atom. The van der Waals surface area contributed by atoms with Gasteiger partial charge < -0.3 is 10.7 Å². The van der Waals surface area contributed by atoms with Gasteiger partial charge in [-0.2, -0.15) is 0 Å². The van der Waals surface area contributed by atoms with Crippen molar-refractivity contribution in [2.45, 2.75) is 51.8 Å². The van der Waals surface area contributed by atoms with Gasteiger partial charge in [-0.05, 0) is 19.3 Å². The topological polar surface area (TPSA) is 53.0 Å². The highest BCUT2D eigenvalue weighted by molar-refractivity contribution is 6.20. The van der Waals surface area contributed by atoms with Crippen molar-refractivity contribution in [3.63, 3.8) is 0 Å². The van der Waals surface area contributed by atoms with E-state index in [-0.39, 0.29) is 17.7 Å². The Morgan fingerprint density at radius 1 is 1.44 bits per heavy atom. The number of carbonyl (C=O) groups is 1. The van der Waals surface area contributed by atoms with E-state index < -0.39 is 0 Å². The molecule has 3 nitrogen and oxygen atoms in total. The number of halogens is 1. The molecule has 0 aliphatic rings. The van der Waals surface area contributed by atoms with Gasteiger partial charge in [-0.3, -0.25) is 4.79 Å². The van der Waals surface area contributed by atoms with Crippen molar-refractivity contribution in [1.29, 1.82) is 5.41 Å². The lowest BCUT2D eigenvalue weighted by molar-refractivity contribution is -0.120. The van der Waals surface area contributed by atoms with Crippen LogP contribution in [-0.2, 0) is 4.79 Å². The van der Waals surface area contributed by atoms with Gasteiger partial charge in [0.15, 0.2) is 0 Å². The normalized spacial score (nSPS) is 14.2. The van der Waals surface area contributed by atoms with E-state index in [1.165, 1.54) is 0 Å². The zero-order chi connectivity index (χ0) is 12.6. The molecule has 0 aromatic carbocycles. The number of carbonyl (C=O) groups excluding carboxylic acids is 1. The van der Waals surface area contributed by atoms with Crippen molar-refractivity contribution < 1.29 is 4.79 Å². The smallest absolute Gasteiger partial charge is 0.225 e. The maximum Gasteiger partial charge on any atom is 0.225 e. The monoisotopic (exact) mass is 246 g/mol. The number of rotatable bonds is 8. The molecule has 1 amide bonds. The second kappa shape index (κ2) is 8.57. The lowest BCUT2D eigenvalue weighted by atomic mass is 9.98. The molecule has 0 bridgehead atoms. The fourth-order valence-corrected chi connectivity index (χ4v) is 2.07. The van der Waals surface area contributed by atoms with Crippen LogP contribution in [0.5, 0.6) is 0 Å². The van der Waals surface area contributed by atoms with Gasteiger partial charge in [-0.1, -0.05) is 26.7 Å². The number of amides is 1. The molecule has 94 valence electrons. The van der Waals surface area contributed by atoms with Gasteiger partial charge in [0.1, 0.15) is 0 Å². The summed E-state index contributed by atoms with van der Waals surface area (Å²) in [5, 5.41) is 10.2. The van der Waals surface area contributed by atoms with E-state index in [0.29, 0.717) is 18.2 Å². The van der Waals surface area contributed by atoms with Crippen molar-refractivity contribution >= 4 is 23.2 Å². The third-order valence-electron chi connectivity index (χ3n) is 2.59. The molecule has 0 heterocycles. The zero-order valence-electron chi connectivity index (χ0n) is 10.5. The summed E-state index contributed by atoms with van der Waals surface area (Å²) < 4.78 is 0. The molecule has 0 rings (SSSR count). The van der Waals surface area contributed by atoms with Gasteiger partial charge in [-0.15, -0.1) is 11.6 Å². The van der Waals surface area contributed by atoms with Crippen LogP contribution in [-0.4, -0.2) is 23.5 Å². The highest BCUT2D eigenvalue weighted by atomic mass is 35.5. The van der Waals surface area contributed by atoms with E-state index in [9.17, 15) is 4.79 Å². The number of nitrogens with one attached hydrogen (secondary N) is 2. The standard InChI is InChI=1S/C12H23ClN2O/c1-4-6-11(13)10(5-2)8-15-12(16)7-9(3)14/h10-11,14H,4-8H2,1-3H3,(H,15,16). The number of alkyl halides is 1. The Kier molecular flexibility index (Phi) is 8.26. The SMILES string of the molecule is CCCC(Cl)C(CC)CNC(=O)CC(C)=N. The lowest BCUT2D eigenvalue weighted by Gasteiger charge is -2.20. The van der Waals surface area contributed by atoms with Gasteiger partial charge in [0, 0.05) is 17.6 Å². The fourth-order valence-electron chi connectivity index (χ4n) is 1.59. The average molecular weight is 247 g/mol. The zero-order valence-corrected chi connectivity index (χ0v) is 11.2. The molecule has 2 unspecified atom stereocenters. The van der Waals surface area contributed by atoms with Gasteiger partial charge >= 0.3 is 0 Å². The molecule has 0 radical (unpaired) electrons. The summed E-state index contributed by atoms with van der Waals surface area (Å²) in [6.07, 6.45) is 3.22. The molecule has 16 heavy (non-hydrogen) atoms. The highest BCUT2D eigenvalue weighted by Gasteiger charge is 2.17. The van der Waals surface area contributed by atoms with Crippen LogP contribution in [0.1, 0.15) is 46.5 Å². The number of hydrogen-bond donors (Lipinski definition) is 2. The van der Waals surface area contributed by atoms with Crippen LogP contribution in [0.25, 0.3) is 0 Å². The quantitative estimate of drug-likeness (QED) is 0.502. The minimum atomic E-state index is -0.0775. The van der Waals surface area contributed by atoms with Gasteiger partial charge in [0.2, 0.25) is 5.91 Å². The molecule has 4 heteroatoms. The molecule has 2 N–H and O–H groups in total. The molecular formula is C12H23ClN2O. The molecule has 0 saturated heterocycles. The van der Waals surface area contributed by atoms with Crippen molar-refractivity contribution in [1.82, 2.24) is 5.32 Å². The van der Waals surface area contributed by atoms with E-state index in [1.807, 2.05) is 0 Å². The van der Waals surface area contributed by atoms with Crippen LogP contribution in [0.4, 0.5) is 0 Å². The molecular weight excluding hydrogens is 224 g/mol. The second-order valence-electron chi connectivity index (χ2n) is 4.23.